The lowest BCUT2D eigenvalue weighted by Gasteiger charge is -2.13. The van der Waals surface area contributed by atoms with Crippen molar-refractivity contribution in [2.75, 3.05) is 0 Å². The van der Waals surface area contributed by atoms with E-state index in [9.17, 15) is 0 Å². The SMILES string of the molecule is CCCCc1c(-c2ccccc2)ccc2ccccc12. The summed E-state index contributed by atoms with van der Waals surface area (Å²) >= 11 is 0. The molecule has 0 aliphatic heterocycles. The maximum absolute atomic E-state index is 2.28. The Morgan fingerprint density at radius 2 is 1.50 bits per heavy atom. The number of rotatable bonds is 4. The number of hydrogen-bond acceptors (Lipinski definition) is 0. The van der Waals surface area contributed by atoms with E-state index in [1.807, 2.05) is 0 Å². The van der Waals surface area contributed by atoms with Gasteiger partial charge in [0.25, 0.3) is 0 Å². The zero-order valence-corrected chi connectivity index (χ0v) is 12.0. The summed E-state index contributed by atoms with van der Waals surface area (Å²) in [6.45, 7) is 2.26. The third-order valence-electron chi connectivity index (χ3n) is 3.91. The number of aryl methyl sites for hydroxylation is 1. The fourth-order valence-electron chi connectivity index (χ4n) is 2.85. The summed E-state index contributed by atoms with van der Waals surface area (Å²) in [4.78, 5) is 0. The molecule has 0 amide bonds. The van der Waals surface area contributed by atoms with Crippen molar-refractivity contribution >= 4 is 10.8 Å². The topological polar surface area (TPSA) is 0 Å². The van der Waals surface area contributed by atoms with Gasteiger partial charge in [0.05, 0.1) is 0 Å². The van der Waals surface area contributed by atoms with Crippen LogP contribution in [0.15, 0.2) is 66.7 Å². The number of fused-ring (bicyclic) bond motifs is 1. The highest BCUT2D eigenvalue weighted by Gasteiger charge is 2.08. The van der Waals surface area contributed by atoms with Crippen LogP contribution in [0, 0.1) is 0 Å². The number of benzene rings is 3. The summed E-state index contributed by atoms with van der Waals surface area (Å²) in [7, 11) is 0. The second kappa shape index (κ2) is 5.92. The van der Waals surface area contributed by atoms with Crippen LogP contribution in [-0.2, 0) is 6.42 Å². The first-order valence-electron chi connectivity index (χ1n) is 7.46. The van der Waals surface area contributed by atoms with Gasteiger partial charge in [-0.2, -0.15) is 0 Å². The van der Waals surface area contributed by atoms with Gasteiger partial charge in [0.1, 0.15) is 0 Å². The molecule has 0 heterocycles. The first-order valence-corrected chi connectivity index (χ1v) is 7.46. The average molecular weight is 260 g/mol. The quantitative estimate of drug-likeness (QED) is 0.552. The van der Waals surface area contributed by atoms with E-state index in [0.717, 1.165) is 6.42 Å². The zero-order valence-electron chi connectivity index (χ0n) is 12.0. The lowest BCUT2D eigenvalue weighted by Crippen LogP contribution is -1.92. The van der Waals surface area contributed by atoms with Gasteiger partial charge in [0.2, 0.25) is 0 Å². The molecule has 3 aromatic carbocycles. The van der Waals surface area contributed by atoms with E-state index in [0.29, 0.717) is 0 Å². The van der Waals surface area contributed by atoms with Crippen LogP contribution in [0.5, 0.6) is 0 Å². The summed E-state index contributed by atoms with van der Waals surface area (Å²) in [5.41, 5.74) is 4.21. The molecule has 0 aliphatic carbocycles. The van der Waals surface area contributed by atoms with Crippen LogP contribution in [-0.4, -0.2) is 0 Å². The molecule has 3 rings (SSSR count). The summed E-state index contributed by atoms with van der Waals surface area (Å²) in [5, 5.41) is 2.75. The minimum Gasteiger partial charge on any atom is -0.0654 e. The fraction of sp³-hybridized carbons (Fsp3) is 0.200. The molecule has 20 heavy (non-hydrogen) atoms. The minimum absolute atomic E-state index is 1.15. The van der Waals surface area contributed by atoms with Gasteiger partial charge in [-0.25, -0.2) is 0 Å². The van der Waals surface area contributed by atoms with Gasteiger partial charge in [-0.1, -0.05) is 80.1 Å². The molecule has 0 saturated heterocycles. The molecule has 100 valence electrons. The largest absolute Gasteiger partial charge is 0.0654 e. The molecule has 0 heteroatoms. The highest BCUT2D eigenvalue weighted by atomic mass is 14.1. The molecule has 0 fully saturated rings. The van der Waals surface area contributed by atoms with Crippen LogP contribution < -0.4 is 0 Å². The number of unbranched alkanes of at least 4 members (excludes halogenated alkanes) is 1. The van der Waals surface area contributed by atoms with E-state index in [-0.39, 0.29) is 0 Å². The second-order valence-corrected chi connectivity index (χ2v) is 5.28. The number of hydrogen-bond donors (Lipinski definition) is 0. The van der Waals surface area contributed by atoms with Crippen molar-refractivity contribution in [3.05, 3.63) is 72.3 Å². The molecule has 0 spiro atoms. The van der Waals surface area contributed by atoms with E-state index in [4.69, 9.17) is 0 Å². The van der Waals surface area contributed by atoms with Crippen molar-refractivity contribution in [3.8, 4) is 11.1 Å². The molecular weight excluding hydrogens is 240 g/mol. The Hall–Kier alpha value is -2.08. The molecule has 0 bridgehead atoms. The van der Waals surface area contributed by atoms with Gasteiger partial charge < -0.3 is 0 Å². The summed E-state index contributed by atoms with van der Waals surface area (Å²) in [6, 6.07) is 24.0. The Kier molecular flexibility index (Phi) is 3.83. The predicted molar refractivity (Wildman–Crippen MR) is 88.0 cm³/mol. The Labute approximate surface area is 121 Å². The van der Waals surface area contributed by atoms with Crippen LogP contribution >= 0.6 is 0 Å². The Morgan fingerprint density at radius 3 is 2.30 bits per heavy atom. The van der Waals surface area contributed by atoms with Crippen molar-refractivity contribution in [2.24, 2.45) is 0 Å². The van der Waals surface area contributed by atoms with Crippen LogP contribution in [0.1, 0.15) is 25.3 Å². The zero-order chi connectivity index (χ0) is 13.8. The van der Waals surface area contributed by atoms with Gasteiger partial charge in [-0.3, -0.25) is 0 Å². The molecule has 0 N–H and O–H groups in total. The summed E-state index contributed by atoms with van der Waals surface area (Å²) in [5.74, 6) is 0. The van der Waals surface area contributed by atoms with Crippen LogP contribution in [0.3, 0.4) is 0 Å². The molecule has 0 aliphatic rings. The van der Waals surface area contributed by atoms with Gasteiger partial charge in [-0.05, 0) is 40.3 Å². The predicted octanol–water partition coefficient (Wildman–Crippen LogP) is 5.85. The third-order valence-corrected chi connectivity index (χ3v) is 3.91. The van der Waals surface area contributed by atoms with E-state index in [1.165, 1.54) is 40.3 Å². The minimum atomic E-state index is 1.15. The van der Waals surface area contributed by atoms with Gasteiger partial charge in [0.15, 0.2) is 0 Å². The van der Waals surface area contributed by atoms with Crippen molar-refractivity contribution in [2.45, 2.75) is 26.2 Å². The smallest absolute Gasteiger partial charge is 0.0146 e. The second-order valence-electron chi connectivity index (χ2n) is 5.28. The maximum Gasteiger partial charge on any atom is -0.0146 e. The van der Waals surface area contributed by atoms with Crippen molar-refractivity contribution < 1.29 is 0 Å². The van der Waals surface area contributed by atoms with E-state index in [1.54, 1.807) is 0 Å². The Morgan fingerprint density at radius 1 is 0.750 bits per heavy atom. The molecule has 0 radical (unpaired) electrons. The summed E-state index contributed by atoms with van der Waals surface area (Å²) < 4.78 is 0. The van der Waals surface area contributed by atoms with Crippen LogP contribution in [0.2, 0.25) is 0 Å². The molecular formula is C20H20. The Balaban J connectivity index is 2.20. The summed E-state index contributed by atoms with van der Waals surface area (Å²) in [6.07, 6.45) is 3.63. The standard InChI is InChI=1S/C20H20/c1-2-3-12-20-18-13-8-7-11-17(18)14-15-19(20)16-9-5-4-6-10-16/h4-11,13-15H,2-3,12H2,1H3. The third kappa shape index (κ3) is 2.46. The molecule has 0 atom stereocenters. The molecule has 0 unspecified atom stereocenters. The van der Waals surface area contributed by atoms with Crippen molar-refractivity contribution in [3.63, 3.8) is 0 Å². The first-order chi connectivity index (χ1) is 9.90. The fourth-order valence-corrected chi connectivity index (χ4v) is 2.85. The average Bonchev–Trinajstić information content (AvgIpc) is 2.53. The normalized spacial score (nSPS) is 10.8. The van der Waals surface area contributed by atoms with Crippen molar-refractivity contribution in [1.29, 1.82) is 0 Å². The van der Waals surface area contributed by atoms with Crippen molar-refractivity contribution in [1.82, 2.24) is 0 Å². The molecule has 3 aromatic rings. The van der Waals surface area contributed by atoms with E-state index < -0.39 is 0 Å². The molecule has 0 aromatic heterocycles. The highest BCUT2D eigenvalue weighted by molar-refractivity contribution is 5.91. The monoisotopic (exact) mass is 260 g/mol. The lowest BCUT2D eigenvalue weighted by molar-refractivity contribution is 0.800. The highest BCUT2D eigenvalue weighted by Crippen LogP contribution is 2.31. The molecule has 0 nitrogen and oxygen atoms in total. The van der Waals surface area contributed by atoms with Gasteiger partial charge in [0, 0.05) is 0 Å². The Bertz CT molecular complexity index is 696. The van der Waals surface area contributed by atoms with Gasteiger partial charge >= 0.3 is 0 Å². The van der Waals surface area contributed by atoms with E-state index >= 15 is 0 Å². The van der Waals surface area contributed by atoms with Crippen LogP contribution in [0.4, 0.5) is 0 Å². The van der Waals surface area contributed by atoms with E-state index in [2.05, 4.69) is 73.7 Å². The van der Waals surface area contributed by atoms with Gasteiger partial charge in [-0.15, -0.1) is 0 Å². The first kappa shape index (κ1) is 12.9. The lowest BCUT2D eigenvalue weighted by atomic mass is 9.91. The maximum atomic E-state index is 2.28. The van der Waals surface area contributed by atoms with Crippen LogP contribution in [0.25, 0.3) is 21.9 Å². The molecule has 0 saturated carbocycles.